The van der Waals surface area contributed by atoms with E-state index in [9.17, 15) is 19.5 Å². The van der Waals surface area contributed by atoms with Crippen molar-refractivity contribution in [3.8, 4) is 0 Å². The highest BCUT2D eigenvalue weighted by Gasteiger charge is 2.32. The number of Topliss-reactive ketones (excluding diaryl/α,β-unsaturated/α-hetero) is 2. The summed E-state index contributed by atoms with van der Waals surface area (Å²) < 4.78 is 4.65. The van der Waals surface area contributed by atoms with Gasteiger partial charge in [-0.1, -0.05) is 51.2 Å². The van der Waals surface area contributed by atoms with Gasteiger partial charge < -0.3 is 9.84 Å². The number of carbonyl (C=O) groups excluding carboxylic acids is 3. The number of ether oxygens (including phenoxy) is 1. The Morgan fingerprint density at radius 3 is 2.64 bits per heavy atom. The third-order valence-corrected chi connectivity index (χ3v) is 5.52. The van der Waals surface area contributed by atoms with E-state index in [-0.39, 0.29) is 24.7 Å². The van der Waals surface area contributed by atoms with Gasteiger partial charge in [0.15, 0.2) is 5.78 Å². The van der Waals surface area contributed by atoms with Crippen molar-refractivity contribution < 1.29 is 24.2 Å². The molecule has 1 aliphatic rings. The number of hydrogen-bond acceptors (Lipinski definition) is 5. The second-order valence-corrected chi connectivity index (χ2v) is 7.94. The Bertz CT molecular complexity index is 511. The smallest absolute Gasteiger partial charge is 0.302 e. The molecular formula is C23H38O5. The van der Waals surface area contributed by atoms with Gasteiger partial charge in [-0.3, -0.25) is 14.4 Å². The van der Waals surface area contributed by atoms with Crippen molar-refractivity contribution >= 4 is 17.5 Å². The van der Waals surface area contributed by atoms with Crippen molar-refractivity contribution in [3.05, 3.63) is 12.2 Å². The van der Waals surface area contributed by atoms with E-state index in [0.29, 0.717) is 24.5 Å². The summed E-state index contributed by atoms with van der Waals surface area (Å²) >= 11 is 0. The molecule has 0 aromatic rings. The maximum absolute atomic E-state index is 12.2. The molecule has 0 heterocycles. The van der Waals surface area contributed by atoms with Gasteiger partial charge in [0.25, 0.3) is 0 Å². The Balaban J connectivity index is 2.21. The van der Waals surface area contributed by atoms with Crippen molar-refractivity contribution in [1.82, 2.24) is 0 Å². The molecule has 0 bridgehead atoms. The third kappa shape index (κ3) is 10.2. The van der Waals surface area contributed by atoms with E-state index < -0.39 is 12.1 Å². The average Bonchev–Trinajstić information content (AvgIpc) is 3.01. The molecule has 160 valence electrons. The molecular weight excluding hydrogens is 356 g/mol. The van der Waals surface area contributed by atoms with E-state index in [0.717, 1.165) is 32.1 Å². The molecule has 28 heavy (non-hydrogen) atoms. The van der Waals surface area contributed by atoms with E-state index in [2.05, 4.69) is 23.8 Å². The molecule has 1 unspecified atom stereocenters. The number of aliphatic hydroxyl groups is 1. The Hall–Kier alpha value is -1.49. The number of hydrogen-bond donors (Lipinski definition) is 1. The van der Waals surface area contributed by atoms with Gasteiger partial charge >= 0.3 is 5.97 Å². The van der Waals surface area contributed by atoms with Crippen LogP contribution >= 0.6 is 0 Å². The SMILES string of the molecule is CCCCCCC=C[C@H]1CCC(=O)[C@@H]1CCCCCC(=O)C(O)COC(C)=O. The fourth-order valence-electron chi connectivity index (χ4n) is 3.80. The molecule has 0 amide bonds. The second kappa shape index (κ2) is 14.5. The number of unbranched alkanes of at least 4 members (excludes halogenated alkanes) is 6. The molecule has 5 heteroatoms. The van der Waals surface area contributed by atoms with Crippen LogP contribution in [-0.4, -0.2) is 35.4 Å². The molecule has 1 fully saturated rings. The van der Waals surface area contributed by atoms with Crippen LogP contribution in [0.4, 0.5) is 0 Å². The Morgan fingerprint density at radius 2 is 1.93 bits per heavy atom. The monoisotopic (exact) mass is 394 g/mol. The topological polar surface area (TPSA) is 80.7 Å². The lowest BCUT2D eigenvalue weighted by Gasteiger charge is -2.15. The molecule has 0 aliphatic heterocycles. The van der Waals surface area contributed by atoms with Gasteiger partial charge in [-0.25, -0.2) is 0 Å². The van der Waals surface area contributed by atoms with Gasteiger partial charge in [0.2, 0.25) is 0 Å². The van der Waals surface area contributed by atoms with E-state index in [1.165, 1.54) is 32.6 Å². The minimum atomic E-state index is -1.23. The molecule has 1 rings (SSSR count). The molecule has 0 saturated heterocycles. The first-order valence-corrected chi connectivity index (χ1v) is 11.0. The number of ketones is 2. The van der Waals surface area contributed by atoms with Crippen molar-refractivity contribution in [1.29, 1.82) is 0 Å². The summed E-state index contributed by atoms with van der Waals surface area (Å²) in [4.78, 5) is 34.7. The Labute approximate surface area is 169 Å². The van der Waals surface area contributed by atoms with Gasteiger partial charge in [0.05, 0.1) is 0 Å². The van der Waals surface area contributed by atoms with Crippen LogP contribution in [-0.2, 0) is 19.1 Å². The summed E-state index contributed by atoms with van der Waals surface area (Å²) in [5.74, 6) is 0.108. The molecule has 0 radical (unpaired) electrons. The highest BCUT2D eigenvalue weighted by Crippen LogP contribution is 2.34. The molecule has 0 aromatic heterocycles. The predicted octanol–water partition coefficient (Wildman–Crippen LogP) is 4.55. The van der Waals surface area contributed by atoms with Crippen molar-refractivity contribution in [2.24, 2.45) is 11.8 Å². The molecule has 0 spiro atoms. The van der Waals surface area contributed by atoms with Crippen LogP contribution in [0.5, 0.6) is 0 Å². The van der Waals surface area contributed by atoms with Crippen molar-refractivity contribution in [2.45, 2.75) is 97.0 Å². The van der Waals surface area contributed by atoms with Crippen LogP contribution in [0.2, 0.25) is 0 Å². The number of allylic oxidation sites excluding steroid dienone is 2. The zero-order chi connectivity index (χ0) is 20.8. The summed E-state index contributed by atoms with van der Waals surface area (Å²) in [5.41, 5.74) is 0. The van der Waals surface area contributed by atoms with Crippen LogP contribution < -0.4 is 0 Å². The van der Waals surface area contributed by atoms with E-state index in [1.54, 1.807) is 0 Å². The number of esters is 1. The first-order valence-electron chi connectivity index (χ1n) is 11.0. The van der Waals surface area contributed by atoms with Crippen LogP contribution in [0.25, 0.3) is 0 Å². The van der Waals surface area contributed by atoms with Crippen LogP contribution in [0, 0.1) is 11.8 Å². The van der Waals surface area contributed by atoms with Gasteiger partial charge in [0, 0.05) is 25.7 Å². The van der Waals surface area contributed by atoms with Crippen molar-refractivity contribution in [2.75, 3.05) is 6.61 Å². The summed E-state index contributed by atoms with van der Waals surface area (Å²) in [7, 11) is 0. The van der Waals surface area contributed by atoms with Gasteiger partial charge in [0.1, 0.15) is 18.5 Å². The summed E-state index contributed by atoms with van der Waals surface area (Å²) in [6.45, 7) is 3.19. The summed E-state index contributed by atoms with van der Waals surface area (Å²) in [5, 5.41) is 9.64. The third-order valence-electron chi connectivity index (χ3n) is 5.52. The maximum atomic E-state index is 12.2. The first kappa shape index (κ1) is 24.5. The number of rotatable bonds is 15. The highest BCUT2D eigenvalue weighted by molar-refractivity contribution is 5.84. The quantitative estimate of drug-likeness (QED) is 0.250. The minimum absolute atomic E-state index is 0.136. The largest absolute Gasteiger partial charge is 0.463 e. The maximum Gasteiger partial charge on any atom is 0.302 e. The minimum Gasteiger partial charge on any atom is -0.463 e. The fourth-order valence-corrected chi connectivity index (χ4v) is 3.80. The van der Waals surface area contributed by atoms with E-state index >= 15 is 0 Å². The average molecular weight is 395 g/mol. The summed E-state index contributed by atoms with van der Waals surface area (Å²) in [6.07, 6.45) is 14.7. The fraction of sp³-hybridized carbons (Fsp3) is 0.783. The van der Waals surface area contributed by atoms with E-state index in [1.807, 2.05) is 0 Å². The van der Waals surface area contributed by atoms with Crippen molar-refractivity contribution in [3.63, 3.8) is 0 Å². The lowest BCUT2D eigenvalue weighted by Crippen LogP contribution is -2.26. The number of aliphatic hydroxyl groups excluding tert-OH is 1. The molecule has 0 aromatic carbocycles. The van der Waals surface area contributed by atoms with Gasteiger partial charge in [-0.05, 0) is 38.0 Å². The molecule has 3 atom stereocenters. The zero-order valence-electron chi connectivity index (χ0n) is 17.7. The lowest BCUT2D eigenvalue weighted by molar-refractivity contribution is -0.146. The van der Waals surface area contributed by atoms with Crippen LogP contribution in [0.1, 0.15) is 90.9 Å². The standard InChI is InChI=1S/C23H38O5/c1-3-4-5-6-7-9-12-19-15-16-21(25)20(19)13-10-8-11-14-22(26)23(27)17-28-18(2)24/h9,12,19-20,23,27H,3-8,10-11,13-17H2,1-2H3/t19-,20+,23?/m0/s1. The van der Waals surface area contributed by atoms with Crippen LogP contribution in [0.15, 0.2) is 12.2 Å². The second-order valence-electron chi connectivity index (χ2n) is 7.94. The van der Waals surface area contributed by atoms with Gasteiger partial charge in [-0.15, -0.1) is 0 Å². The van der Waals surface area contributed by atoms with Gasteiger partial charge in [-0.2, -0.15) is 0 Å². The number of carbonyl (C=O) groups is 3. The normalized spacial score (nSPS) is 20.6. The predicted molar refractivity (Wildman–Crippen MR) is 110 cm³/mol. The molecule has 1 N–H and O–H groups in total. The molecule has 5 nitrogen and oxygen atoms in total. The Morgan fingerprint density at radius 1 is 1.18 bits per heavy atom. The molecule has 1 aliphatic carbocycles. The van der Waals surface area contributed by atoms with Crippen LogP contribution in [0.3, 0.4) is 0 Å². The first-order chi connectivity index (χ1) is 13.5. The van der Waals surface area contributed by atoms with E-state index in [4.69, 9.17) is 0 Å². The lowest BCUT2D eigenvalue weighted by atomic mass is 9.89. The molecule has 1 saturated carbocycles. The Kier molecular flexibility index (Phi) is 12.7. The highest BCUT2D eigenvalue weighted by atomic mass is 16.5. The zero-order valence-corrected chi connectivity index (χ0v) is 17.7. The summed E-state index contributed by atoms with van der Waals surface area (Å²) in [6, 6.07) is 0.